The molecule has 18 heavy (non-hydrogen) atoms. The van der Waals surface area contributed by atoms with Crippen LogP contribution in [0.5, 0.6) is 11.5 Å². The van der Waals surface area contributed by atoms with Gasteiger partial charge in [-0.1, -0.05) is 6.07 Å². The molecule has 0 amide bonds. The minimum atomic E-state index is -4.03. The summed E-state index contributed by atoms with van der Waals surface area (Å²) in [5.74, 6) is -0.453. The van der Waals surface area contributed by atoms with E-state index in [9.17, 15) is 17.2 Å². The Morgan fingerprint density at radius 2 is 2.17 bits per heavy atom. The number of amidine groups is 1. The fourth-order valence-corrected chi connectivity index (χ4v) is 2.32. The Hall–Kier alpha value is -1.90. The van der Waals surface area contributed by atoms with Crippen molar-refractivity contribution in [3.8, 4) is 11.5 Å². The maximum Gasteiger partial charge on any atom is 0.408 e. The van der Waals surface area contributed by atoms with Gasteiger partial charge in [-0.3, -0.25) is 4.99 Å². The number of rotatable bonds is 2. The summed E-state index contributed by atoms with van der Waals surface area (Å²) in [6, 6.07) is 3.92. The van der Waals surface area contributed by atoms with Gasteiger partial charge in [0.05, 0.1) is 0 Å². The molecule has 0 aliphatic carbocycles. The number of halogens is 2. The fourth-order valence-electron chi connectivity index (χ4n) is 1.47. The number of hydrogen-bond donors (Lipinski definition) is 1. The highest BCUT2D eigenvalue weighted by Crippen LogP contribution is 2.33. The van der Waals surface area contributed by atoms with E-state index in [0.29, 0.717) is 0 Å². The lowest BCUT2D eigenvalue weighted by molar-refractivity contribution is -0.0500. The SMILES string of the molecule is CN=C1NS(=O)(=O)Oc2cccc(OC(F)F)c21. The Morgan fingerprint density at radius 3 is 2.78 bits per heavy atom. The third-order valence-corrected chi connectivity index (χ3v) is 2.93. The Labute approximate surface area is 101 Å². The van der Waals surface area contributed by atoms with Crippen LogP contribution >= 0.6 is 0 Å². The van der Waals surface area contributed by atoms with E-state index in [1.807, 2.05) is 4.72 Å². The molecule has 1 aliphatic heterocycles. The largest absolute Gasteiger partial charge is 0.434 e. The lowest BCUT2D eigenvalue weighted by atomic mass is 10.1. The third-order valence-electron chi connectivity index (χ3n) is 2.09. The lowest BCUT2D eigenvalue weighted by Crippen LogP contribution is -2.39. The molecule has 0 fully saturated rings. The van der Waals surface area contributed by atoms with Crippen LogP contribution in [0, 0.1) is 0 Å². The van der Waals surface area contributed by atoms with Crippen LogP contribution in [0.15, 0.2) is 23.2 Å². The van der Waals surface area contributed by atoms with Crippen LogP contribution < -0.4 is 13.6 Å². The van der Waals surface area contributed by atoms with Gasteiger partial charge in [-0.15, -0.1) is 0 Å². The summed E-state index contributed by atoms with van der Waals surface area (Å²) in [5.41, 5.74) is 0.0372. The first kappa shape index (κ1) is 12.6. The Morgan fingerprint density at radius 1 is 1.44 bits per heavy atom. The molecular weight excluding hydrogens is 270 g/mol. The summed E-state index contributed by atoms with van der Waals surface area (Å²) in [4.78, 5) is 3.67. The molecule has 0 bridgehead atoms. The fraction of sp³-hybridized carbons (Fsp3) is 0.222. The van der Waals surface area contributed by atoms with Crippen LogP contribution in [-0.2, 0) is 10.3 Å². The highest BCUT2D eigenvalue weighted by molar-refractivity contribution is 7.85. The van der Waals surface area contributed by atoms with E-state index < -0.39 is 16.9 Å². The molecule has 0 aromatic heterocycles. The Kier molecular flexibility index (Phi) is 3.07. The van der Waals surface area contributed by atoms with Crippen molar-refractivity contribution >= 4 is 16.1 Å². The quantitative estimate of drug-likeness (QED) is 0.871. The Balaban J connectivity index is 2.58. The minimum absolute atomic E-state index is 0.0372. The molecule has 9 heteroatoms. The maximum atomic E-state index is 12.2. The number of ether oxygens (including phenoxy) is 1. The molecule has 0 saturated carbocycles. The monoisotopic (exact) mass is 278 g/mol. The smallest absolute Gasteiger partial charge is 0.408 e. The standard InChI is InChI=1S/C9H8F2N2O4S/c1-12-8-7-5(16-9(10)11)3-2-4-6(7)17-18(14,15)13-8/h2-4,9H,1H3,(H,12,13). The van der Waals surface area contributed by atoms with Gasteiger partial charge in [0.25, 0.3) is 0 Å². The summed E-state index contributed by atoms with van der Waals surface area (Å²) in [5, 5.41) is 0. The van der Waals surface area contributed by atoms with Gasteiger partial charge in [-0.05, 0) is 12.1 Å². The van der Waals surface area contributed by atoms with Gasteiger partial charge in [-0.25, -0.2) is 4.72 Å². The molecule has 0 spiro atoms. The van der Waals surface area contributed by atoms with Gasteiger partial charge >= 0.3 is 16.9 Å². The average Bonchev–Trinajstić information content (AvgIpc) is 2.25. The number of benzene rings is 1. The molecule has 98 valence electrons. The molecule has 0 radical (unpaired) electrons. The van der Waals surface area contributed by atoms with Gasteiger partial charge in [0, 0.05) is 7.05 Å². The van der Waals surface area contributed by atoms with Crippen LogP contribution in [0.25, 0.3) is 0 Å². The second-order valence-corrected chi connectivity index (χ2v) is 4.50. The molecule has 0 saturated heterocycles. The second-order valence-electron chi connectivity index (χ2n) is 3.22. The maximum absolute atomic E-state index is 12.2. The van der Waals surface area contributed by atoms with E-state index in [1.165, 1.54) is 25.2 Å². The van der Waals surface area contributed by atoms with E-state index in [1.54, 1.807) is 0 Å². The first-order valence-corrected chi connectivity index (χ1v) is 6.11. The minimum Gasteiger partial charge on any atom is -0.434 e. The predicted octanol–water partition coefficient (Wildman–Crippen LogP) is 0.891. The highest BCUT2D eigenvalue weighted by Gasteiger charge is 2.30. The van der Waals surface area contributed by atoms with E-state index in [2.05, 4.69) is 13.9 Å². The number of nitrogens with zero attached hydrogens (tertiary/aromatic N) is 1. The number of fused-ring (bicyclic) bond motifs is 1. The van der Waals surface area contributed by atoms with Gasteiger partial charge in [0.1, 0.15) is 11.3 Å². The molecule has 6 nitrogen and oxygen atoms in total. The molecule has 1 aliphatic rings. The number of alkyl halides is 2. The molecule has 1 heterocycles. The molecule has 0 unspecified atom stereocenters. The van der Waals surface area contributed by atoms with Crippen molar-refractivity contribution in [3.63, 3.8) is 0 Å². The van der Waals surface area contributed by atoms with Crippen molar-refractivity contribution in [2.75, 3.05) is 7.05 Å². The van der Waals surface area contributed by atoms with E-state index in [-0.39, 0.29) is 22.9 Å². The van der Waals surface area contributed by atoms with Gasteiger partial charge in [-0.2, -0.15) is 17.2 Å². The summed E-state index contributed by atoms with van der Waals surface area (Å²) < 4.78 is 58.0. The lowest BCUT2D eigenvalue weighted by Gasteiger charge is -2.21. The summed E-state index contributed by atoms with van der Waals surface area (Å²) in [6.07, 6.45) is 0. The van der Waals surface area contributed by atoms with Crippen molar-refractivity contribution in [2.24, 2.45) is 4.99 Å². The molecule has 1 N–H and O–H groups in total. The van der Waals surface area contributed by atoms with Crippen LogP contribution in [0.3, 0.4) is 0 Å². The topological polar surface area (TPSA) is 77.0 Å². The number of aliphatic imine (C=N–C) groups is 1. The van der Waals surface area contributed by atoms with E-state index in [0.717, 1.165) is 0 Å². The van der Waals surface area contributed by atoms with Gasteiger partial charge in [0.15, 0.2) is 11.6 Å². The van der Waals surface area contributed by atoms with Crippen molar-refractivity contribution in [1.29, 1.82) is 0 Å². The summed E-state index contributed by atoms with van der Waals surface area (Å²) in [6.45, 7) is -3.03. The number of hydrogen-bond acceptors (Lipinski definition) is 5. The van der Waals surface area contributed by atoms with Crippen molar-refractivity contribution in [3.05, 3.63) is 23.8 Å². The molecule has 1 aromatic rings. The predicted molar refractivity (Wildman–Crippen MR) is 58.2 cm³/mol. The molecule has 1 aromatic carbocycles. The average molecular weight is 278 g/mol. The van der Waals surface area contributed by atoms with Crippen LogP contribution in [0.4, 0.5) is 8.78 Å². The third kappa shape index (κ3) is 2.35. The van der Waals surface area contributed by atoms with Crippen molar-refractivity contribution in [2.45, 2.75) is 6.61 Å². The molecule has 2 rings (SSSR count). The zero-order valence-corrected chi connectivity index (χ0v) is 9.87. The van der Waals surface area contributed by atoms with Crippen LogP contribution in [0.2, 0.25) is 0 Å². The zero-order chi connectivity index (χ0) is 13.3. The first-order chi connectivity index (χ1) is 8.43. The molecule has 0 atom stereocenters. The zero-order valence-electron chi connectivity index (χ0n) is 9.05. The van der Waals surface area contributed by atoms with E-state index >= 15 is 0 Å². The highest BCUT2D eigenvalue weighted by atomic mass is 32.2. The summed E-state index contributed by atoms with van der Waals surface area (Å²) in [7, 11) is -2.71. The Bertz CT molecular complexity index is 601. The van der Waals surface area contributed by atoms with Crippen molar-refractivity contribution < 1.29 is 26.1 Å². The van der Waals surface area contributed by atoms with Crippen LogP contribution in [-0.4, -0.2) is 27.9 Å². The summed E-state index contributed by atoms with van der Waals surface area (Å²) >= 11 is 0. The number of nitrogens with one attached hydrogen (secondary N) is 1. The second kappa shape index (κ2) is 4.41. The van der Waals surface area contributed by atoms with Crippen LogP contribution in [0.1, 0.15) is 5.56 Å². The van der Waals surface area contributed by atoms with Gasteiger partial charge in [0.2, 0.25) is 0 Å². The normalized spacial score (nSPS) is 19.0. The van der Waals surface area contributed by atoms with E-state index in [4.69, 9.17) is 0 Å². The first-order valence-electron chi connectivity index (χ1n) is 4.70. The molecular formula is C9H8F2N2O4S. The van der Waals surface area contributed by atoms with Gasteiger partial charge < -0.3 is 8.92 Å². The van der Waals surface area contributed by atoms with Crippen molar-refractivity contribution in [1.82, 2.24) is 4.72 Å².